The van der Waals surface area contributed by atoms with Crippen molar-refractivity contribution in [2.75, 3.05) is 6.61 Å². The SMILES string of the molecule is CCCCCCCC(O)CCCCC/C=C/CC(O)C(O)C(N)(CO)C(=O)O. The summed E-state index contributed by atoms with van der Waals surface area (Å²) in [6, 6.07) is 0. The molecule has 0 saturated heterocycles. The van der Waals surface area contributed by atoms with Crippen LogP contribution in [0.2, 0.25) is 0 Å². The van der Waals surface area contributed by atoms with Crippen molar-refractivity contribution in [2.45, 2.75) is 108 Å². The van der Waals surface area contributed by atoms with Gasteiger partial charge in [0.25, 0.3) is 0 Å². The van der Waals surface area contributed by atoms with E-state index in [0.29, 0.717) is 0 Å². The zero-order valence-corrected chi connectivity index (χ0v) is 17.3. The van der Waals surface area contributed by atoms with Crippen LogP contribution in [0.15, 0.2) is 12.2 Å². The first kappa shape index (κ1) is 27.0. The third-order valence-corrected chi connectivity index (χ3v) is 5.15. The number of carboxylic acid groups (broad SMARTS) is 1. The van der Waals surface area contributed by atoms with Crippen LogP contribution in [-0.2, 0) is 4.79 Å². The van der Waals surface area contributed by atoms with Gasteiger partial charge in [-0.05, 0) is 32.1 Å². The summed E-state index contributed by atoms with van der Waals surface area (Å²) in [5, 5.41) is 47.7. The van der Waals surface area contributed by atoms with E-state index in [-0.39, 0.29) is 12.5 Å². The monoisotopic (exact) mass is 403 g/mol. The molecule has 0 bridgehead atoms. The van der Waals surface area contributed by atoms with Crippen LogP contribution in [0.25, 0.3) is 0 Å². The van der Waals surface area contributed by atoms with Crippen LogP contribution in [0.5, 0.6) is 0 Å². The van der Waals surface area contributed by atoms with E-state index in [2.05, 4.69) is 6.92 Å². The van der Waals surface area contributed by atoms with Gasteiger partial charge in [0, 0.05) is 0 Å². The molecule has 0 saturated carbocycles. The Labute approximate surface area is 169 Å². The first-order valence-electron chi connectivity index (χ1n) is 10.6. The molecule has 0 spiro atoms. The summed E-state index contributed by atoms with van der Waals surface area (Å²) in [6.07, 6.45) is 11.8. The number of allylic oxidation sites excluding steroid dienone is 1. The van der Waals surface area contributed by atoms with Gasteiger partial charge in [-0.3, -0.25) is 4.79 Å². The van der Waals surface area contributed by atoms with Crippen molar-refractivity contribution >= 4 is 5.97 Å². The summed E-state index contributed by atoms with van der Waals surface area (Å²) in [4.78, 5) is 11.0. The van der Waals surface area contributed by atoms with Gasteiger partial charge >= 0.3 is 5.97 Å². The number of aliphatic hydroxyl groups is 4. The molecule has 4 unspecified atom stereocenters. The third kappa shape index (κ3) is 11.1. The summed E-state index contributed by atoms with van der Waals surface area (Å²) in [5.74, 6) is -1.56. The highest BCUT2D eigenvalue weighted by atomic mass is 16.4. The number of unbranched alkanes of at least 4 members (excludes halogenated alkanes) is 7. The molecule has 0 aliphatic carbocycles. The van der Waals surface area contributed by atoms with E-state index >= 15 is 0 Å². The molecule has 0 aromatic heterocycles. The van der Waals surface area contributed by atoms with E-state index in [1.54, 1.807) is 6.08 Å². The lowest BCUT2D eigenvalue weighted by molar-refractivity contribution is -0.154. The van der Waals surface area contributed by atoms with Crippen molar-refractivity contribution in [2.24, 2.45) is 5.73 Å². The van der Waals surface area contributed by atoms with Crippen LogP contribution in [0.1, 0.15) is 84.0 Å². The number of hydrogen-bond donors (Lipinski definition) is 6. The summed E-state index contributed by atoms with van der Waals surface area (Å²) in [6.45, 7) is 1.23. The van der Waals surface area contributed by atoms with Gasteiger partial charge in [-0.1, -0.05) is 64.0 Å². The average molecular weight is 404 g/mol. The van der Waals surface area contributed by atoms with Gasteiger partial charge in [-0.15, -0.1) is 0 Å². The predicted molar refractivity (Wildman–Crippen MR) is 110 cm³/mol. The fraction of sp³-hybridized carbons (Fsp3) is 0.857. The molecule has 166 valence electrons. The lowest BCUT2D eigenvalue weighted by atomic mass is 9.89. The van der Waals surface area contributed by atoms with Crippen molar-refractivity contribution in [1.82, 2.24) is 0 Å². The molecular weight excluding hydrogens is 362 g/mol. The van der Waals surface area contributed by atoms with Gasteiger partial charge in [-0.25, -0.2) is 0 Å². The van der Waals surface area contributed by atoms with E-state index in [0.717, 1.165) is 44.9 Å². The molecule has 0 aliphatic heterocycles. The molecule has 0 rings (SSSR count). The second kappa shape index (κ2) is 15.9. The van der Waals surface area contributed by atoms with Crippen LogP contribution in [0.3, 0.4) is 0 Å². The number of aliphatic carboxylic acids is 1. The van der Waals surface area contributed by atoms with Crippen LogP contribution in [0.4, 0.5) is 0 Å². The Bertz CT molecular complexity index is 431. The predicted octanol–water partition coefficient (Wildman–Crippen LogP) is 2.10. The maximum atomic E-state index is 11.0. The summed E-state index contributed by atoms with van der Waals surface area (Å²) in [7, 11) is 0. The largest absolute Gasteiger partial charge is 0.480 e. The maximum Gasteiger partial charge on any atom is 0.328 e. The van der Waals surface area contributed by atoms with Gasteiger partial charge in [0.2, 0.25) is 0 Å². The maximum absolute atomic E-state index is 11.0. The smallest absolute Gasteiger partial charge is 0.328 e. The van der Waals surface area contributed by atoms with Gasteiger partial charge in [0.15, 0.2) is 5.54 Å². The number of aliphatic hydroxyl groups excluding tert-OH is 4. The second-order valence-electron chi connectivity index (χ2n) is 7.72. The van der Waals surface area contributed by atoms with Gasteiger partial charge in [0.1, 0.15) is 6.10 Å². The van der Waals surface area contributed by atoms with E-state index in [4.69, 9.17) is 15.9 Å². The molecule has 0 aliphatic rings. The van der Waals surface area contributed by atoms with Crippen molar-refractivity contribution < 1.29 is 30.3 Å². The van der Waals surface area contributed by atoms with Crippen LogP contribution >= 0.6 is 0 Å². The quantitative estimate of drug-likeness (QED) is 0.152. The van der Waals surface area contributed by atoms with Crippen LogP contribution in [-0.4, -0.2) is 62.0 Å². The molecule has 0 fully saturated rings. The molecule has 0 aromatic rings. The minimum Gasteiger partial charge on any atom is -0.480 e. The minimum absolute atomic E-state index is 0.0597. The molecule has 0 heterocycles. The highest BCUT2D eigenvalue weighted by Gasteiger charge is 2.44. The van der Waals surface area contributed by atoms with E-state index in [9.17, 15) is 20.1 Å². The van der Waals surface area contributed by atoms with Crippen molar-refractivity contribution in [1.29, 1.82) is 0 Å². The second-order valence-corrected chi connectivity index (χ2v) is 7.72. The molecule has 0 aromatic carbocycles. The fourth-order valence-electron chi connectivity index (χ4n) is 3.06. The van der Waals surface area contributed by atoms with Gasteiger partial charge in [0.05, 0.1) is 18.8 Å². The van der Waals surface area contributed by atoms with E-state index < -0.39 is 30.3 Å². The number of carbonyl (C=O) groups is 1. The molecule has 0 amide bonds. The lowest BCUT2D eigenvalue weighted by Crippen LogP contribution is -2.63. The van der Waals surface area contributed by atoms with Crippen molar-refractivity contribution in [3.05, 3.63) is 12.2 Å². The standard InChI is InChI=1S/C21H41NO6/c1-2-3-4-7-10-13-17(24)14-11-8-5-6-9-12-15-18(25)19(26)21(22,16-23)20(27)28/h9,12,17-19,23-26H,2-8,10-11,13-16,22H2,1H3,(H,27,28)/b12-9+. The number of hydrogen-bond acceptors (Lipinski definition) is 6. The molecular formula is C21H41NO6. The normalized spacial score (nSPS) is 17.4. The topological polar surface area (TPSA) is 144 Å². The molecule has 0 radical (unpaired) electrons. The lowest BCUT2D eigenvalue weighted by Gasteiger charge is -2.30. The summed E-state index contributed by atoms with van der Waals surface area (Å²) >= 11 is 0. The average Bonchev–Trinajstić information content (AvgIpc) is 2.68. The zero-order chi connectivity index (χ0) is 21.4. The summed E-state index contributed by atoms with van der Waals surface area (Å²) in [5.41, 5.74) is 3.17. The van der Waals surface area contributed by atoms with Gasteiger partial charge in [-0.2, -0.15) is 0 Å². The minimum atomic E-state index is -2.27. The van der Waals surface area contributed by atoms with Crippen molar-refractivity contribution in [3.63, 3.8) is 0 Å². The molecule has 7 heteroatoms. The van der Waals surface area contributed by atoms with Crippen LogP contribution < -0.4 is 5.73 Å². The zero-order valence-electron chi connectivity index (χ0n) is 17.3. The Hall–Kier alpha value is -0.990. The Morgan fingerprint density at radius 2 is 1.54 bits per heavy atom. The Morgan fingerprint density at radius 3 is 2.07 bits per heavy atom. The summed E-state index contributed by atoms with van der Waals surface area (Å²) < 4.78 is 0. The number of nitrogens with two attached hydrogens (primary N) is 1. The van der Waals surface area contributed by atoms with E-state index in [1.807, 2.05) is 6.08 Å². The van der Waals surface area contributed by atoms with E-state index in [1.165, 1.54) is 25.7 Å². The first-order valence-corrected chi connectivity index (χ1v) is 10.6. The van der Waals surface area contributed by atoms with Gasteiger partial charge < -0.3 is 31.3 Å². The number of rotatable bonds is 18. The molecule has 7 N–H and O–H groups in total. The van der Waals surface area contributed by atoms with Crippen LogP contribution in [0, 0.1) is 0 Å². The molecule has 4 atom stereocenters. The molecule has 7 nitrogen and oxygen atoms in total. The third-order valence-electron chi connectivity index (χ3n) is 5.15. The first-order chi connectivity index (χ1) is 13.3. The highest BCUT2D eigenvalue weighted by molar-refractivity contribution is 5.79. The van der Waals surface area contributed by atoms with Crippen molar-refractivity contribution in [3.8, 4) is 0 Å². The Balaban J connectivity index is 3.81. The number of carboxylic acids is 1. The Morgan fingerprint density at radius 1 is 0.964 bits per heavy atom. The molecule has 28 heavy (non-hydrogen) atoms. The Kier molecular flexibility index (Phi) is 15.3. The highest BCUT2D eigenvalue weighted by Crippen LogP contribution is 2.15. The fourth-order valence-corrected chi connectivity index (χ4v) is 3.06.